The Balaban J connectivity index is 2.01. The molecule has 0 spiro atoms. The normalized spacial score (nSPS) is 15.2. The molecule has 0 aromatic heterocycles. The standard InChI is InChI=1S/C15H16N2O2S/c1-11-14(16)7-4-8-15(11)20(18,19)17-9-12-5-2-3-6-13(12)10-17/h2-8H,9-10,16H2,1H3. The van der Waals surface area contributed by atoms with E-state index in [0.29, 0.717) is 29.2 Å². The fraction of sp³-hybridized carbons (Fsp3) is 0.200. The van der Waals surface area contributed by atoms with E-state index in [1.807, 2.05) is 24.3 Å². The van der Waals surface area contributed by atoms with Gasteiger partial charge in [-0.3, -0.25) is 0 Å². The summed E-state index contributed by atoms with van der Waals surface area (Å²) in [6.07, 6.45) is 0. The number of fused-ring (bicyclic) bond motifs is 1. The highest BCUT2D eigenvalue weighted by Gasteiger charge is 2.31. The third-order valence-corrected chi connectivity index (χ3v) is 5.69. The van der Waals surface area contributed by atoms with Gasteiger partial charge in [0.15, 0.2) is 0 Å². The average molecular weight is 288 g/mol. The van der Waals surface area contributed by atoms with Crippen molar-refractivity contribution in [2.45, 2.75) is 24.9 Å². The predicted molar refractivity (Wildman–Crippen MR) is 78.5 cm³/mol. The molecule has 104 valence electrons. The third-order valence-electron chi connectivity index (χ3n) is 3.76. The van der Waals surface area contributed by atoms with Crippen molar-refractivity contribution in [3.63, 3.8) is 0 Å². The van der Waals surface area contributed by atoms with Gasteiger partial charge in [0.2, 0.25) is 10.0 Å². The molecule has 0 fully saturated rings. The van der Waals surface area contributed by atoms with Crippen molar-refractivity contribution in [2.75, 3.05) is 5.73 Å². The van der Waals surface area contributed by atoms with Crippen LogP contribution in [0.3, 0.4) is 0 Å². The SMILES string of the molecule is Cc1c(N)cccc1S(=O)(=O)N1Cc2ccccc2C1. The molecule has 2 aromatic rings. The second kappa shape index (κ2) is 4.61. The van der Waals surface area contributed by atoms with Crippen LogP contribution in [0.25, 0.3) is 0 Å². The van der Waals surface area contributed by atoms with E-state index in [0.717, 1.165) is 11.1 Å². The van der Waals surface area contributed by atoms with Crippen LogP contribution in [0.4, 0.5) is 5.69 Å². The van der Waals surface area contributed by atoms with Crippen molar-refractivity contribution < 1.29 is 8.42 Å². The minimum absolute atomic E-state index is 0.297. The Bertz CT molecular complexity index is 744. The Labute approximate surface area is 118 Å². The molecule has 2 N–H and O–H groups in total. The number of anilines is 1. The maximum absolute atomic E-state index is 12.7. The van der Waals surface area contributed by atoms with Crippen molar-refractivity contribution >= 4 is 15.7 Å². The van der Waals surface area contributed by atoms with Gasteiger partial charge in [0.1, 0.15) is 0 Å². The first-order valence-corrected chi connectivity index (χ1v) is 7.86. The number of nitrogens with two attached hydrogens (primary N) is 1. The lowest BCUT2D eigenvalue weighted by Gasteiger charge is -2.17. The van der Waals surface area contributed by atoms with Gasteiger partial charge < -0.3 is 5.73 Å². The molecule has 1 heterocycles. The topological polar surface area (TPSA) is 63.4 Å². The molecule has 1 aliphatic heterocycles. The quantitative estimate of drug-likeness (QED) is 0.862. The van der Waals surface area contributed by atoms with E-state index in [9.17, 15) is 8.42 Å². The van der Waals surface area contributed by atoms with E-state index >= 15 is 0 Å². The highest BCUT2D eigenvalue weighted by Crippen LogP contribution is 2.30. The summed E-state index contributed by atoms with van der Waals surface area (Å²) in [4.78, 5) is 0.297. The van der Waals surface area contributed by atoms with E-state index in [2.05, 4.69) is 0 Å². The van der Waals surface area contributed by atoms with Crippen LogP contribution in [0.1, 0.15) is 16.7 Å². The summed E-state index contributed by atoms with van der Waals surface area (Å²) in [5, 5.41) is 0. The molecule has 0 saturated heterocycles. The molecule has 0 saturated carbocycles. The van der Waals surface area contributed by atoms with Crippen LogP contribution in [-0.4, -0.2) is 12.7 Å². The van der Waals surface area contributed by atoms with Gasteiger partial charge in [-0.25, -0.2) is 8.42 Å². The maximum Gasteiger partial charge on any atom is 0.244 e. The zero-order valence-corrected chi connectivity index (χ0v) is 12.0. The number of nitrogen functional groups attached to an aromatic ring is 1. The van der Waals surface area contributed by atoms with Crippen molar-refractivity contribution in [1.29, 1.82) is 0 Å². The molecule has 3 rings (SSSR count). The van der Waals surface area contributed by atoms with Gasteiger partial charge in [0.05, 0.1) is 4.90 Å². The first-order chi connectivity index (χ1) is 9.50. The van der Waals surface area contributed by atoms with Gasteiger partial charge in [-0.15, -0.1) is 0 Å². The molecular formula is C15H16N2O2S. The lowest BCUT2D eigenvalue weighted by molar-refractivity contribution is 0.431. The summed E-state index contributed by atoms with van der Waals surface area (Å²) < 4.78 is 27.0. The van der Waals surface area contributed by atoms with Gasteiger partial charge in [0.25, 0.3) is 0 Å². The molecule has 2 aromatic carbocycles. The maximum atomic E-state index is 12.7. The second-order valence-electron chi connectivity index (χ2n) is 5.01. The average Bonchev–Trinajstić information content (AvgIpc) is 2.86. The Kier molecular flexibility index (Phi) is 3.03. The molecular weight excluding hydrogens is 272 g/mol. The van der Waals surface area contributed by atoms with Gasteiger partial charge in [-0.2, -0.15) is 4.31 Å². The van der Waals surface area contributed by atoms with Crippen molar-refractivity contribution in [3.05, 3.63) is 59.2 Å². The summed E-state index contributed by atoms with van der Waals surface area (Å²) in [6.45, 7) is 2.59. The fourth-order valence-corrected chi connectivity index (χ4v) is 4.17. The second-order valence-corrected chi connectivity index (χ2v) is 6.92. The molecule has 0 amide bonds. The Morgan fingerprint density at radius 3 is 2.20 bits per heavy atom. The molecule has 0 unspecified atom stereocenters. The first-order valence-electron chi connectivity index (χ1n) is 6.42. The van der Waals surface area contributed by atoms with Gasteiger partial charge >= 0.3 is 0 Å². The lowest BCUT2D eigenvalue weighted by atomic mass is 10.1. The Hall–Kier alpha value is -1.85. The summed E-state index contributed by atoms with van der Waals surface area (Å²) in [5.74, 6) is 0. The van der Waals surface area contributed by atoms with E-state index in [4.69, 9.17) is 5.73 Å². The smallest absolute Gasteiger partial charge is 0.244 e. The Morgan fingerprint density at radius 2 is 1.60 bits per heavy atom. The molecule has 0 aliphatic carbocycles. The molecule has 5 heteroatoms. The fourth-order valence-electron chi connectivity index (χ4n) is 2.52. The number of hydrogen-bond acceptors (Lipinski definition) is 3. The minimum Gasteiger partial charge on any atom is -0.398 e. The van der Waals surface area contributed by atoms with Crippen molar-refractivity contribution in [3.8, 4) is 0 Å². The molecule has 20 heavy (non-hydrogen) atoms. The van der Waals surface area contributed by atoms with E-state index < -0.39 is 10.0 Å². The van der Waals surface area contributed by atoms with Crippen molar-refractivity contribution in [1.82, 2.24) is 4.31 Å². The monoisotopic (exact) mass is 288 g/mol. The zero-order chi connectivity index (χ0) is 14.3. The lowest BCUT2D eigenvalue weighted by Crippen LogP contribution is -2.26. The van der Waals surface area contributed by atoms with Crippen LogP contribution >= 0.6 is 0 Å². The number of hydrogen-bond donors (Lipinski definition) is 1. The summed E-state index contributed by atoms with van der Waals surface area (Å²) >= 11 is 0. The summed E-state index contributed by atoms with van der Waals surface area (Å²) in [5.41, 5.74) is 9.07. The van der Waals surface area contributed by atoms with Crippen LogP contribution in [0, 0.1) is 6.92 Å². The van der Waals surface area contributed by atoms with E-state index in [1.165, 1.54) is 4.31 Å². The van der Waals surface area contributed by atoms with Crippen LogP contribution in [0.5, 0.6) is 0 Å². The van der Waals surface area contributed by atoms with Gasteiger partial charge in [0, 0.05) is 18.8 Å². The highest BCUT2D eigenvalue weighted by molar-refractivity contribution is 7.89. The zero-order valence-electron chi connectivity index (χ0n) is 11.2. The van der Waals surface area contributed by atoms with Gasteiger partial charge in [-0.1, -0.05) is 30.3 Å². The number of nitrogens with zero attached hydrogens (tertiary/aromatic N) is 1. The molecule has 0 radical (unpaired) electrons. The van der Waals surface area contributed by atoms with Crippen molar-refractivity contribution in [2.24, 2.45) is 0 Å². The summed E-state index contributed by atoms with van der Waals surface area (Å²) in [7, 11) is -3.51. The van der Waals surface area contributed by atoms with Crippen LogP contribution in [-0.2, 0) is 23.1 Å². The Morgan fingerprint density at radius 1 is 1.00 bits per heavy atom. The van der Waals surface area contributed by atoms with Gasteiger partial charge in [-0.05, 0) is 35.7 Å². The third kappa shape index (κ3) is 1.99. The number of sulfonamides is 1. The number of rotatable bonds is 2. The van der Waals surface area contributed by atoms with Crippen LogP contribution in [0.2, 0.25) is 0 Å². The number of benzene rings is 2. The highest BCUT2D eigenvalue weighted by atomic mass is 32.2. The van der Waals surface area contributed by atoms with Crippen LogP contribution in [0.15, 0.2) is 47.4 Å². The summed E-state index contributed by atoms with van der Waals surface area (Å²) in [6, 6.07) is 12.8. The minimum atomic E-state index is -3.51. The molecule has 0 bridgehead atoms. The van der Waals surface area contributed by atoms with E-state index in [1.54, 1.807) is 25.1 Å². The predicted octanol–water partition coefficient (Wildman–Crippen LogP) is 2.28. The first kappa shape index (κ1) is 13.1. The largest absolute Gasteiger partial charge is 0.398 e. The van der Waals surface area contributed by atoms with E-state index in [-0.39, 0.29) is 0 Å². The van der Waals surface area contributed by atoms with Crippen LogP contribution < -0.4 is 5.73 Å². The molecule has 4 nitrogen and oxygen atoms in total. The molecule has 0 atom stereocenters. The molecule has 1 aliphatic rings.